The van der Waals surface area contributed by atoms with Gasteiger partial charge in [0, 0.05) is 26.3 Å². The van der Waals surface area contributed by atoms with Gasteiger partial charge in [0.15, 0.2) is 0 Å². The van der Waals surface area contributed by atoms with Crippen LogP contribution < -0.4 is 0 Å². The molecule has 0 saturated carbocycles. The van der Waals surface area contributed by atoms with Crippen LogP contribution in [0.5, 0.6) is 0 Å². The zero-order valence-electron chi connectivity index (χ0n) is 9.40. The van der Waals surface area contributed by atoms with Crippen molar-refractivity contribution in [1.29, 1.82) is 0 Å². The van der Waals surface area contributed by atoms with Crippen LogP contribution in [0.4, 0.5) is 0 Å². The van der Waals surface area contributed by atoms with E-state index < -0.39 is 0 Å². The van der Waals surface area contributed by atoms with Crippen molar-refractivity contribution in [1.82, 2.24) is 14.7 Å². The van der Waals surface area contributed by atoms with E-state index in [2.05, 4.69) is 5.10 Å². The third kappa shape index (κ3) is 2.55. The number of amides is 1. The van der Waals surface area contributed by atoms with Gasteiger partial charge in [0.2, 0.25) is 5.91 Å². The number of hydrogen-bond acceptors (Lipinski definition) is 2. The second kappa shape index (κ2) is 4.87. The lowest BCUT2D eigenvalue weighted by Crippen LogP contribution is -2.29. The van der Waals surface area contributed by atoms with Gasteiger partial charge in [-0.2, -0.15) is 5.10 Å². The third-order valence-electron chi connectivity index (χ3n) is 3.02. The Morgan fingerprint density at radius 2 is 2.50 bits per heavy atom. The Balaban J connectivity index is 1.87. The van der Waals surface area contributed by atoms with Crippen LogP contribution in [0.2, 0.25) is 0 Å². The summed E-state index contributed by atoms with van der Waals surface area (Å²) in [5, 5.41) is 4.35. The van der Waals surface area contributed by atoms with Gasteiger partial charge in [-0.15, -0.1) is 11.6 Å². The molecule has 1 saturated heterocycles. The molecule has 0 spiro atoms. The minimum absolute atomic E-state index is 0.0465. The van der Waals surface area contributed by atoms with Gasteiger partial charge in [-0.3, -0.25) is 9.48 Å². The van der Waals surface area contributed by atoms with Crippen molar-refractivity contribution in [2.45, 2.75) is 12.8 Å². The first kappa shape index (κ1) is 11.5. The Kier molecular flexibility index (Phi) is 3.49. The monoisotopic (exact) mass is 241 g/mol. The molecule has 2 heterocycles. The third-order valence-corrected chi connectivity index (χ3v) is 3.25. The number of hydrogen-bond donors (Lipinski definition) is 0. The molecule has 5 heteroatoms. The summed E-state index contributed by atoms with van der Waals surface area (Å²) in [6.45, 7) is 1.66. The largest absolute Gasteiger partial charge is 0.341 e. The van der Waals surface area contributed by atoms with E-state index in [0.717, 1.165) is 31.6 Å². The molecule has 0 aliphatic carbocycles. The molecule has 0 aromatic carbocycles. The number of aryl methyl sites for hydroxylation is 1. The zero-order valence-corrected chi connectivity index (χ0v) is 10.2. The van der Waals surface area contributed by atoms with Gasteiger partial charge in [0.1, 0.15) is 5.88 Å². The van der Waals surface area contributed by atoms with Crippen molar-refractivity contribution in [2.75, 3.05) is 19.0 Å². The van der Waals surface area contributed by atoms with Crippen molar-refractivity contribution >= 4 is 17.5 Å². The maximum atomic E-state index is 11.4. The molecular formula is C11H16ClN3O. The van der Waals surface area contributed by atoms with E-state index >= 15 is 0 Å². The second-order valence-electron chi connectivity index (χ2n) is 4.31. The van der Waals surface area contributed by atoms with Crippen LogP contribution in [-0.4, -0.2) is 39.6 Å². The predicted octanol–water partition coefficient (Wildman–Crippen LogP) is 1.05. The summed E-state index contributed by atoms with van der Waals surface area (Å²) >= 11 is 5.54. The summed E-state index contributed by atoms with van der Waals surface area (Å²) in [6, 6.07) is 2.03. The quantitative estimate of drug-likeness (QED) is 0.742. The molecular weight excluding hydrogens is 226 g/mol. The van der Waals surface area contributed by atoms with Crippen molar-refractivity contribution < 1.29 is 4.79 Å². The topological polar surface area (TPSA) is 38.1 Å². The lowest BCUT2D eigenvalue weighted by atomic mass is 10.0. The average Bonchev–Trinajstić information content (AvgIpc) is 2.87. The molecule has 0 N–H and O–H groups in total. The van der Waals surface area contributed by atoms with Gasteiger partial charge in [-0.25, -0.2) is 0 Å². The summed E-state index contributed by atoms with van der Waals surface area (Å²) in [5.74, 6) is 0.670. The molecule has 1 unspecified atom stereocenters. The van der Waals surface area contributed by atoms with Gasteiger partial charge in [0.25, 0.3) is 0 Å². The maximum absolute atomic E-state index is 11.4. The van der Waals surface area contributed by atoms with Crippen LogP contribution in [-0.2, 0) is 18.3 Å². The lowest BCUT2D eigenvalue weighted by Gasteiger charge is -2.14. The SMILES string of the molecule is Cn1ccc(CC2CCN(C(=O)CCl)C2)n1. The van der Waals surface area contributed by atoms with E-state index in [9.17, 15) is 4.79 Å². The van der Waals surface area contributed by atoms with E-state index in [0.29, 0.717) is 5.92 Å². The van der Waals surface area contributed by atoms with Crippen molar-refractivity contribution in [3.8, 4) is 0 Å². The maximum Gasteiger partial charge on any atom is 0.237 e. The average molecular weight is 242 g/mol. The Hall–Kier alpha value is -1.03. The highest BCUT2D eigenvalue weighted by atomic mass is 35.5. The smallest absolute Gasteiger partial charge is 0.237 e. The Morgan fingerprint density at radius 3 is 3.12 bits per heavy atom. The number of nitrogens with zero attached hydrogens (tertiary/aromatic N) is 3. The molecule has 2 rings (SSSR count). The van der Waals surface area contributed by atoms with E-state index in [1.807, 2.05) is 28.9 Å². The van der Waals surface area contributed by atoms with E-state index in [-0.39, 0.29) is 11.8 Å². The predicted molar refractivity (Wildman–Crippen MR) is 62.3 cm³/mol. The first-order valence-corrected chi connectivity index (χ1v) is 6.04. The fraction of sp³-hybridized carbons (Fsp3) is 0.636. The molecule has 1 aromatic rings. The molecule has 4 nitrogen and oxygen atoms in total. The normalized spacial score (nSPS) is 20.4. The molecule has 0 bridgehead atoms. The number of carbonyl (C=O) groups is 1. The molecule has 1 aliphatic heterocycles. The summed E-state index contributed by atoms with van der Waals surface area (Å²) in [4.78, 5) is 13.2. The van der Waals surface area contributed by atoms with Crippen LogP contribution >= 0.6 is 11.6 Å². The highest BCUT2D eigenvalue weighted by Crippen LogP contribution is 2.20. The minimum Gasteiger partial charge on any atom is -0.341 e. The molecule has 1 atom stereocenters. The number of halogens is 1. The Morgan fingerprint density at radius 1 is 1.69 bits per heavy atom. The van der Waals surface area contributed by atoms with Crippen LogP contribution in [0.15, 0.2) is 12.3 Å². The highest BCUT2D eigenvalue weighted by molar-refractivity contribution is 6.27. The highest BCUT2D eigenvalue weighted by Gasteiger charge is 2.26. The summed E-state index contributed by atoms with van der Waals surface area (Å²) in [7, 11) is 1.92. The first-order valence-electron chi connectivity index (χ1n) is 5.51. The van der Waals surface area contributed by atoms with Crippen LogP contribution in [0.3, 0.4) is 0 Å². The number of rotatable bonds is 3. The van der Waals surface area contributed by atoms with Gasteiger partial charge in [0.05, 0.1) is 5.69 Å². The zero-order chi connectivity index (χ0) is 11.5. The van der Waals surface area contributed by atoms with Crippen LogP contribution in [0.25, 0.3) is 0 Å². The Labute approximate surface area is 100 Å². The molecule has 1 aromatic heterocycles. The van der Waals surface area contributed by atoms with E-state index in [1.165, 1.54) is 0 Å². The lowest BCUT2D eigenvalue weighted by molar-refractivity contribution is -0.127. The second-order valence-corrected chi connectivity index (χ2v) is 4.58. The number of carbonyl (C=O) groups excluding carboxylic acids is 1. The van der Waals surface area contributed by atoms with Crippen molar-refractivity contribution in [3.05, 3.63) is 18.0 Å². The van der Waals surface area contributed by atoms with Crippen molar-refractivity contribution in [2.24, 2.45) is 13.0 Å². The fourth-order valence-corrected chi connectivity index (χ4v) is 2.35. The summed E-state index contributed by atoms with van der Waals surface area (Å²) in [5.41, 5.74) is 1.10. The molecule has 0 radical (unpaired) electrons. The first-order chi connectivity index (χ1) is 7.69. The van der Waals surface area contributed by atoms with Gasteiger partial charge < -0.3 is 4.90 Å². The standard InChI is InChI=1S/C11H16ClN3O/c1-14-4-3-10(13-14)6-9-2-5-15(8-9)11(16)7-12/h3-4,9H,2,5-8H2,1H3. The minimum atomic E-state index is 0.0465. The number of aromatic nitrogens is 2. The fourth-order valence-electron chi connectivity index (χ4n) is 2.18. The van der Waals surface area contributed by atoms with E-state index in [1.54, 1.807) is 0 Å². The molecule has 88 valence electrons. The molecule has 1 aliphatic rings. The summed E-state index contributed by atoms with van der Waals surface area (Å²) in [6.07, 6.45) is 3.96. The molecule has 1 amide bonds. The summed E-state index contributed by atoms with van der Waals surface area (Å²) < 4.78 is 1.81. The number of alkyl halides is 1. The van der Waals surface area contributed by atoms with E-state index in [4.69, 9.17) is 11.6 Å². The van der Waals surface area contributed by atoms with Gasteiger partial charge >= 0.3 is 0 Å². The Bertz CT molecular complexity index is 377. The van der Waals surface area contributed by atoms with Crippen LogP contribution in [0.1, 0.15) is 12.1 Å². The molecule has 1 fully saturated rings. The van der Waals surface area contributed by atoms with Gasteiger partial charge in [-0.1, -0.05) is 0 Å². The van der Waals surface area contributed by atoms with Gasteiger partial charge in [-0.05, 0) is 24.8 Å². The number of likely N-dealkylation sites (tertiary alicyclic amines) is 1. The van der Waals surface area contributed by atoms with Crippen LogP contribution in [0, 0.1) is 5.92 Å². The molecule has 16 heavy (non-hydrogen) atoms. The van der Waals surface area contributed by atoms with Crippen molar-refractivity contribution in [3.63, 3.8) is 0 Å².